The summed E-state index contributed by atoms with van der Waals surface area (Å²) < 4.78 is 20.1. The maximum atomic E-state index is 12.7. The van der Waals surface area contributed by atoms with E-state index in [-0.39, 0.29) is 23.8 Å². The van der Waals surface area contributed by atoms with Gasteiger partial charge in [-0.1, -0.05) is 18.2 Å². The molecule has 31 heavy (non-hydrogen) atoms. The van der Waals surface area contributed by atoms with E-state index in [1.807, 2.05) is 0 Å². The van der Waals surface area contributed by atoms with Crippen molar-refractivity contribution in [3.8, 4) is 5.75 Å². The number of nitrogens with zero attached hydrogens (tertiary/aromatic N) is 1. The molecule has 1 atom stereocenters. The Morgan fingerprint density at radius 1 is 1.13 bits per heavy atom. The lowest BCUT2D eigenvalue weighted by Gasteiger charge is -2.14. The summed E-state index contributed by atoms with van der Waals surface area (Å²) in [6, 6.07) is 8.95. The molecule has 1 fully saturated rings. The fourth-order valence-electron chi connectivity index (χ4n) is 2.81. The maximum Gasteiger partial charge on any atom is 0.373 e. The van der Waals surface area contributed by atoms with E-state index in [0.29, 0.717) is 11.3 Å². The van der Waals surface area contributed by atoms with Crippen LogP contribution < -0.4 is 10.1 Å². The average Bonchev–Trinajstić information content (AvgIpc) is 3.34. The number of methoxy groups -OCH3 is 2. The highest BCUT2D eigenvalue weighted by Crippen LogP contribution is 2.25. The topological polar surface area (TPSA) is 124 Å². The summed E-state index contributed by atoms with van der Waals surface area (Å²) in [4.78, 5) is 49.1. The van der Waals surface area contributed by atoms with E-state index in [0.717, 1.165) is 4.90 Å². The third-order valence-corrected chi connectivity index (χ3v) is 4.38. The van der Waals surface area contributed by atoms with Gasteiger partial charge in [-0.25, -0.2) is 14.4 Å². The standard InChI is InChI=1S/C21H20N2O8/c1-12(19(25)28-2)30-16-7-5-4-6-13(16)10-15-18(24)23(21(27)22-15)11-14-8-9-17(31-14)20(26)29-3/h4-10,12H,11H2,1-3H3,(H,22,27)/b15-10-/t12-/m1/s1. The molecule has 3 rings (SSSR count). The summed E-state index contributed by atoms with van der Waals surface area (Å²) in [6.07, 6.45) is 0.583. The van der Waals surface area contributed by atoms with Gasteiger partial charge in [-0.05, 0) is 31.2 Å². The smallest absolute Gasteiger partial charge is 0.373 e. The zero-order valence-corrected chi connectivity index (χ0v) is 17.0. The average molecular weight is 428 g/mol. The van der Waals surface area contributed by atoms with Crippen LogP contribution in [0.3, 0.4) is 0 Å². The van der Waals surface area contributed by atoms with E-state index in [4.69, 9.17) is 9.15 Å². The highest BCUT2D eigenvalue weighted by molar-refractivity contribution is 6.14. The number of imide groups is 1. The van der Waals surface area contributed by atoms with Crippen molar-refractivity contribution >= 4 is 30.0 Å². The van der Waals surface area contributed by atoms with Crippen molar-refractivity contribution in [3.05, 3.63) is 59.2 Å². The molecule has 1 aliphatic heterocycles. The normalized spacial score (nSPS) is 15.6. The summed E-state index contributed by atoms with van der Waals surface area (Å²) in [5.74, 6) is -1.27. The molecule has 1 aromatic heterocycles. The van der Waals surface area contributed by atoms with Crippen molar-refractivity contribution in [3.63, 3.8) is 0 Å². The Hall–Kier alpha value is -4.08. The van der Waals surface area contributed by atoms with E-state index in [1.165, 1.54) is 39.4 Å². The highest BCUT2D eigenvalue weighted by atomic mass is 16.6. The van der Waals surface area contributed by atoms with Crippen LogP contribution in [-0.2, 0) is 25.6 Å². The second kappa shape index (κ2) is 9.16. The van der Waals surface area contributed by atoms with Gasteiger partial charge in [-0.15, -0.1) is 0 Å². The molecule has 2 aromatic rings. The van der Waals surface area contributed by atoms with Crippen molar-refractivity contribution in [2.24, 2.45) is 0 Å². The summed E-state index contributed by atoms with van der Waals surface area (Å²) in [7, 11) is 2.47. The Morgan fingerprint density at radius 2 is 1.87 bits per heavy atom. The zero-order valence-electron chi connectivity index (χ0n) is 17.0. The van der Waals surface area contributed by atoms with E-state index in [2.05, 4.69) is 14.8 Å². The van der Waals surface area contributed by atoms with Crippen LogP contribution in [0.25, 0.3) is 6.08 Å². The van der Waals surface area contributed by atoms with Crippen LogP contribution in [0.4, 0.5) is 4.79 Å². The Bertz CT molecular complexity index is 1060. The summed E-state index contributed by atoms with van der Waals surface area (Å²) >= 11 is 0. The third-order valence-electron chi connectivity index (χ3n) is 4.38. The van der Waals surface area contributed by atoms with Crippen LogP contribution in [0.5, 0.6) is 5.75 Å². The fraction of sp³-hybridized carbons (Fsp3) is 0.238. The van der Waals surface area contributed by atoms with Crippen LogP contribution >= 0.6 is 0 Å². The number of amides is 3. The number of esters is 2. The van der Waals surface area contributed by atoms with Gasteiger partial charge in [0, 0.05) is 5.56 Å². The number of furan rings is 1. The molecule has 10 heteroatoms. The third kappa shape index (κ3) is 4.74. The first-order valence-electron chi connectivity index (χ1n) is 9.19. The number of urea groups is 1. The molecule has 162 valence electrons. The molecule has 0 saturated carbocycles. The van der Waals surface area contributed by atoms with Crippen LogP contribution in [0.1, 0.15) is 28.8 Å². The Balaban J connectivity index is 1.78. The van der Waals surface area contributed by atoms with E-state index in [1.54, 1.807) is 24.3 Å². The van der Waals surface area contributed by atoms with Gasteiger partial charge in [0.25, 0.3) is 5.91 Å². The molecule has 3 amide bonds. The molecular weight excluding hydrogens is 408 g/mol. The predicted molar refractivity (Wildman–Crippen MR) is 106 cm³/mol. The number of ether oxygens (including phenoxy) is 3. The lowest BCUT2D eigenvalue weighted by molar-refractivity contribution is -0.147. The van der Waals surface area contributed by atoms with E-state index < -0.39 is 30.0 Å². The van der Waals surface area contributed by atoms with Crippen molar-refractivity contribution in [1.29, 1.82) is 0 Å². The molecule has 0 aliphatic carbocycles. The molecule has 1 aliphatic rings. The predicted octanol–water partition coefficient (Wildman–Crippen LogP) is 2.10. The van der Waals surface area contributed by atoms with Gasteiger partial charge in [0.2, 0.25) is 5.76 Å². The first kappa shape index (κ1) is 21.6. The van der Waals surface area contributed by atoms with Crippen molar-refractivity contribution in [1.82, 2.24) is 10.2 Å². The van der Waals surface area contributed by atoms with Gasteiger partial charge >= 0.3 is 18.0 Å². The largest absolute Gasteiger partial charge is 0.478 e. The van der Waals surface area contributed by atoms with Crippen molar-refractivity contribution in [2.75, 3.05) is 14.2 Å². The van der Waals surface area contributed by atoms with Gasteiger partial charge in [-0.2, -0.15) is 0 Å². The number of carbonyl (C=O) groups is 4. The molecule has 0 radical (unpaired) electrons. The molecule has 0 unspecified atom stereocenters. The monoisotopic (exact) mass is 428 g/mol. The summed E-state index contributed by atoms with van der Waals surface area (Å²) in [5, 5.41) is 2.50. The number of rotatable bonds is 7. The minimum absolute atomic E-state index is 0.0199. The van der Waals surface area contributed by atoms with Gasteiger partial charge in [0.15, 0.2) is 6.10 Å². The molecule has 10 nitrogen and oxygen atoms in total. The second-order valence-corrected chi connectivity index (χ2v) is 6.46. The zero-order chi connectivity index (χ0) is 22.5. The maximum absolute atomic E-state index is 12.7. The van der Waals surface area contributed by atoms with Crippen LogP contribution in [0.2, 0.25) is 0 Å². The lowest BCUT2D eigenvalue weighted by atomic mass is 10.1. The highest BCUT2D eigenvalue weighted by Gasteiger charge is 2.34. The Labute approximate surface area is 177 Å². The minimum Gasteiger partial charge on any atom is -0.478 e. The van der Waals surface area contributed by atoms with Gasteiger partial charge in [-0.3, -0.25) is 9.69 Å². The molecule has 0 spiro atoms. The number of para-hydroxylation sites is 1. The number of nitrogens with one attached hydrogen (secondary N) is 1. The van der Waals surface area contributed by atoms with Gasteiger partial charge in [0.05, 0.1) is 20.8 Å². The quantitative estimate of drug-likeness (QED) is 0.404. The molecule has 1 saturated heterocycles. The van der Waals surface area contributed by atoms with Crippen LogP contribution in [-0.4, -0.2) is 49.1 Å². The first-order valence-corrected chi connectivity index (χ1v) is 9.19. The lowest BCUT2D eigenvalue weighted by Crippen LogP contribution is -2.30. The number of carbonyl (C=O) groups excluding carboxylic acids is 4. The first-order chi connectivity index (χ1) is 14.8. The van der Waals surface area contributed by atoms with E-state index >= 15 is 0 Å². The van der Waals surface area contributed by atoms with Crippen molar-refractivity contribution < 1.29 is 37.8 Å². The fourth-order valence-corrected chi connectivity index (χ4v) is 2.81. The second-order valence-electron chi connectivity index (χ2n) is 6.46. The number of hydrogen-bond acceptors (Lipinski definition) is 8. The minimum atomic E-state index is -0.863. The SMILES string of the molecule is COC(=O)c1ccc(CN2C(=O)N/C(=C\c3ccccc3O[C@H](C)C(=O)OC)C2=O)o1. The number of benzene rings is 1. The molecular formula is C21H20N2O8. The Kier molecular flexibility index (Phi) is 6.39. The summed E-state index contributed by atoms with van der Waals surface area (Å²) in [5.41, 5.74) is 0.501. The number of hydrogen-bond donors (Lipinski definition) is 1. The van der Waals surface area contributed by atoms with Gasteiger partial charge in [0.1, 0.15) is 17.2 Å². The van der Waals surface area contributed by atoms with Crippen molar-refractivity contribution in [2.45, 2.75) is 19.6 Å². The molecule has 1 aromatic carbocycles. The Morgan fingerprint density at radius 3 is 2.58 bits per heavy atom. The molecule has 0 bridgehead atoms. The summed E-state index contributed by atoms with van der Waals surface area (Å²) in [6.45, 7) is 1.36. The molecule has 1 N–H and O–H groups in total. The van der Waals surface area contributed by atoms with Crippen LogP contribution in [0, 0.1) is 0 Å². The van der Waals surface area contributed by atoms with Gasteiger partial charge < -0.3 is 23.9 Å². The molecule has 2 heterocycles. The van der Waals surface area contributed by atoms with E-state index in [9.17, 15) is 19.2 Å². The van der Waals surface area contributed by atoms with Crippen LogP contribution in [0.15, 0.2) is 46.5 Å².